The van der Waals surface area contributed by atoms with Crippen molar-refractivity contribution in [1.29, 1.82) is 0 Å². The van der Waals surface area contributed by atoms with Gasteiger partial charge in [0.25, 0.3) is 0 Å². The van der Waals surface area contributed by atoms with Gasteiger partial charge in [0.2, 0.25) is 5.91 Å². The highest BCUT2D eigenvalue weighted by atomic mass is 16.4. The van der Waals surface area contributed by atoms with Crippen LogP contribution < -0.4 is 0 Å². The van der Waals surface area contributed by atoms with Gasteiger partial charge in [0, 0.05) is 18.5 Å². The van der Waals surface area contributed by atoms with Crippen LogP contribution in [-0.4, -0.2) is 34.0 Å². The predicted molar refractivity (Wildman–Crippen MR) is 81.3 cm³/mol. The average Bonchev–Trinajstić information content (AvgIpc) is 2.39. The minimum atomic E-state index is -0.933. The van der Waals surface area contributed by atoms with E-state index in [0.29, 0.717) is 24.4 Å². The van der Waals surface area contributed by atoms with E-state index in [1.165, 1.54) is 6.42 Å². The minimum absolute atomic E-state index is 0.134. The van der Waals surface area contributed by atoms with Crippen LogP contribution >= 0.6 is 0 Å². The molecule has 1 saturated carbocycles. The standard InChI is InChI=1S/C17H23NO3/c1-12(2)18(14-7-5-8-14)16(19)11-10-13-6-3-4-9-15(13)17(20)21/h3-4,6,9,12,14H,5,7-8,10-11H2,1-2H3,(H,20,21). The van der Waals surface area contributed by atoms with Crippen LogP contribution in [0.25, 0.3) is 0 Å². The fourth-order valence-corrected chi connectivity index (χ4v) is 2.90. The van der Waals surface area contributed by atoms with Gasteiger partial charge in [-0.3, -0.25) is 4.79 Å². The Morgan fingerprint density at radius 2 is 1.95 bits per heavy atom. The molecule has 1 aliphatic carbocycles. The number of rotatable bonds is 6. The predicted octanol–water partition coefficient (Wildman–Crippen LogP) is 3.11. The van der Waals surface area contributed by atoms with E-state index in [1.807, 2.05) is 24.8 Å². The normalized spacial score (nSPS) is 14.8. The van der Waals surface area contributed by atoms with E-state index < -0.39 is 5.97 Å². The van der Waals surface area contributed by atoms with Crippen molar-refractivity contribution in [1.82, 2.24) is 4.90 Å². The van der Waals surface area contributed by atoms with E-state index in [2.05, 4.69) is 0 Å². The number of hydrogen-bond donors (Lipinski definition) is 1. The number of hydrogen-bond acceptors (Lipinski definition) is 2. The quantitative estimate of drug-likeness (QED) is 0.875. The SMILES string of the molecule is CC(C)N(C(=O)CCc1ccccc1C(=O)O)C1CCC1. The summed E-state index contributed by atoms with van der Waals surface area (Å²) in [4.78, 5) is 25.6. The summed E-state index contributed by atoms with van der Waals surface area (Å²) < 4.78 is 0. The Bertz CT molecular complexity index is 521. The number of carbonyl (C=O) groups is 2. The number of aromatic carboxylic acids is 1. The van der Waals surface area contributed by atoms with Crippen LogP contribution in [-0.2, 0) is 11.2 Å². The number of carbonyl (C=O) groups excluding carboxylic acids is 1. The largest absolute Gasteiger partial charge is 0.478 e. The molecule has 1 aromatic carbocycles. The van der Waals surface area contributed by atoms with Gasteiger partial charge in [-0.05, 0) is 51.2 Å². The third-order valence-corrected chi connectivity index (χ3v) is 4.17. The maximum absolute atomic E-state index is 12.5. The third kappa shape index (κ3) is 3.63. The van der Waals surface area contributed by atoms with E-state index >= 15 is 0 Å². The Balaban J connectivity index is 2.01. The molecule has 2 rings (SSSR count). The minimum Gasteiger partial charge on any atom is -0.478 e. The Morgan fingerprint density at radius 1 is 1.29 bits per heavy atom. The van der Waals surface area contributed by atoms with Crippen molar-refractivity contribution in [3.8, 4) is 0 Å². The third-order valence-electron chi connectivity index (χ3n) is 4.17. The van der Waals surface area contributed by atoms with Crippen LogP contribution in [0.1, 0.15) is 55.5 Å². The van der Waals surface area contributed by atoms with Gasteiger partial charge in [0.05, 0.1) is 5.56 Å². The fraction of sp³-hybridized carbons (Fsp3) is 0.529. The second-order valence-electron chi connectivity index (χ2n) is 5.94. The maximum atomic E-state index is 12.5. The van der Waals surface area contributed by atoms with Crippen LogP contribution in [0.4, 0.5) is 0 Å². The van der Waals surface area contributed by atoms with Gasteiger partial charge in [0.1, 0.15) is 0 Å². The van der Waals surface area contributed by atoms with Gasteiger partial charge in [-0.15, -0.1) is 0 Å². The monoisotopic (exact) mass is 289 g/mol. The van der Waals surface area contributed by atoms with Crippen molar-refractivity contribution in [3.63, 3.8) is 0 Å². The van der Waals surface area contributed by atoms with E-state index in [4.69, 9.17) is 5.11 Å². The lowest BCUT2D eigenvalue weighted by atomic mass is 9.90. The molecule has 0 saturated heterocycles. The summed E-state index contributed by atoms with van der Waals surface area (Å²) in [5.41, 5.74) is 1.03. The summed E-state index contributed by atoms with van der Waals surface area (Å²) in [6.07, 6.45) is 4.24. The molecule has 0 bridgehead atoms. The van der Waals surface area contributed by atoms with Crippen LogP contribution in [0.3, 0.4) is 0 Å². The lowest BCUT2D eigenvalue weighted by Gasteiger charge is -2.40. The highest BCUT2D eigenvalue weighted by Gasteiger charge is 2.30. The van der Waals surface area contributed by atoms with Gasteiger partial charge < -0.3 is 10.0 Å². The lowest BCUT2D eigenvalue weighted by molar-refractivity contribution is -0.137. The van der Waals surface area contributed by atoms with Crippen molar-refractivity contribution in [2.24, 2.45) is 0 Å². The molecule has 0 heterocycles. The molecule has 0 unspecified atom stereocenters. The van der Waals surface area contributed by atoms with Crippen LogP contribution in [0, 0.1) is 0 Å². The molecular formula is C17H23NO3. The number of carboxylic acids is 1. The summed E-state index contributed by atoms with van der Waals surface area (Å²) in [5, 5.41) is 9.17. The van der Waals surface area contributed by atoms with E-state index in [9.17, 15) is 9.59 Å². The van der Waals surface area contributed by atoms with Crippen molar-refractivity contribution >= 4 is 11.9 Å². The number of nitrogens with zero attached hydrogens (tertiary/aromatic N) is 1. The number of benzene rings is 1. The first kappa shape index (κ1) is 15.5. The number of amides is 1. The van der Waals surface area contributed by atoms with E-state index in [-0.39, 0.29) is 11.9 Å². The van der Waals surface area contributed by atoms with Crippen molar-refractivity contribution in [3.05, 3.63) is 35.4 Å². The fourth-order valence-electron chi connectivity index (χ4n) is 2.90. The molecule has 4 nitrogen and oxygen atoms in total. The maximum Gasteiger partial charge on any atom is 0.335 e. The molecule has 0 spiro atoms. The zero-order valence-corrected chi connectivity index (χ0v) is 12.7. The van der Waals surface area contributed by atoms with Gasteiger partial charge >= 0.3 is 5.97 Å². The summed E-state index contributed by atoms with van der Waals surface area (Å²) in [5.74, 6) is -0.798. The molecule has 4 heteroatoms. The van der Waals surface area contributed by atoms with E-state index in [1.54, 1.807) is 18.2 Å². The number of aryl methyl sites for hydroxylation is 1. The topological polar surface area (TPSA) is 57.6 Å². The first-order valence-corrected chi connectivity index (χ1v) is 7.63. The molecule has 0 aliphatic heterocycles. The van der Waals surface area contributed by atoms with Gasteiger partial charge in [-0.1, -0.05) is 18.2 Å². The molecule has 114 valence electrons. The Hall–Kier alpha value is -1.84. The zero-order valence-electron chi connectivity index (χ0n) is 12.7. The Morgan fingerprint density at radius 3 is 2.48 bits per heavy atom. The number of carboxylic acid groups (broad SMARTS) is 1. The molecule has 0 atom stereocenters. The molecule has 0 aromatic heterocycles. The second-order valence-corrected chi connectivity index (χ2v) is 5.94. The lowest BCUT2D eigenvalue weighted by Crippen LogP contribution is -2.48. The molecule has 1 fully saturated rings. The Labute approximate surface area is 125 Å². The summed E-state index contributed by atoms with van der Waals surface area (Å²) in [7, 11) is 0. The van der Waals surface area contributed by atoms with Gasteiger partial charge in [-0.25, -0.2) is 4.79 Å². The molecule has 1 N–H and O–H groups in total. The first-order valence-electron chi connectivity index (χ1n) is 7.63. The summed E-state index contributed by atoms with van der Waals surface area (Å²) >= 11 is 0. The Kier molecular flexibility index (Phi) is 4.99. The molecular weight excluding hydrogens is 266 g/mol. The van der Waals surface area contributed by atoms with Crippen molar-refractivity contribution < 1.29 is 14.7 Å². The van der Waals surface area contributed by atoms with E-state index in [0.717, 1.165) is 18.4 Å². The first-order chi connectivity index (χ1) is 10.0. The highest BCUT2D eigenvalue weighted by molar-refractivity contribution is 5.89. The summed E-state index contributed by atoms with van der Waals surface area (Å²) in [6.45, 7) is 4.09. The molecule has 1 aliphatic rings. The molecule has 1 amide bonds. The van der Waals surface area contributed by atoms with Crippen LogP contribution in [0.15, 0.2) is 24.3 Å². The highest BCUT2D eigenvalue weighted by Crippen LogP contribution is 2.27. The molecule has 1 aromatic rings. The second kappa shape index (κ2) is 6.74. The van der Waals surface area contributed by atoms with Gasteiger partial charge in [0.15, 0.2) is 0 Å². The molecule has 21 heavy (non-hydrogen) atoms. The molecule has 0 radical (unpaired) electrons. The van der Waals surface area contributed by atoms with Crippen LogP contribution in [0.5, 0.6) is 0 Å². The van der Waals surface area contributed by atoms with Gasteiger partial charge in [-0.2, -0.15) is 0 Å². The average molecular weight is 289 g/mol. The smallest absolute Gasteiger partial charge is 0.335 e. The van der Waals surface area contributed by atoms with Crippen LogP contribution in [0.2, 0.25) is 0 Å². The summed E-state index contributed by atoms with van der Waals surface area (Å²) in [6, 6.07) is 7.50. The zero-order chi connectivity index (χ0) is 15.4. The van der Waals surface area contributed by atoms with Crippen molar-refractivity contribution in [2.45, 2.75) is 58.0 Å². The van der Waals surface area contributed by atoms with Crippen molar-refractivity contribution in [2.75, 3.05) is 0 Å².